The first-order valence-electron chi connectivity index (χ1n) is 9.27. The SMILES string of the molecule is CCOC(=O)c1cnc2[nH]ccc2c1NN1CCC[C@H](C(=O)NCC(F)(F)F)C1. The summed E-state index contributed by atoms with van der Waals surface area (Å²) < 4.78 is 42.2. The summed E-state index contributed by atoms with van der Waals surface area (Å²) in [5, 5.41) is 4.34. The molecular weight excluding hydrogens is 391 g/mol. The van der Waals surface area contributed by atoms with Crippen LogP contribution in [0.3, 0.4) is 0 Å². The fourth-order valence-corrected chi connectivity index (χ4v) is 3.27. The number of nitrogens with one attached hydrogen (secondary N) is 3. The Bertz CT molecular complexity index is 883. The van der Waals surface area contributed by atoms with Gasteiger partial charge in [-0.3, -0.25) is 4.79 Å². The summed E-state index contributed by atoms with van der Waals surface area (Å²) >= 11 is 0. The van der Waals surface area contributed by atoms with Crippen LogP contribution in [0.15, 0.2) is 18.5 Å². The van der Waals surface area contributed by atoms with Crippen LogP contribution in [0.4, 0.5) is 18.9 Å². The van der Waals surface area contributed by atoms with Crippen LogP contribution in [-0.2, 0) is 9.53 Å². The molecule has 0 bridgehead atoms. The lowest BCUT2D eigenvalue weighted by molar-refractivity contribution is -0.141. The van der Waals surface area contributed by atoms with Crippen LogP contribution in [0.2, 0.25) is 0 Å². The summed E-state index contributed by atoms with van der Waals surface area (Å²) in [6.07, 6.45) is -0.262. The number of piperidine rings is 1. The van der Waals surface area contributed by atoms with E-state index in [1.165, 1.54) is 6.20 Å². The quantitative estimate of drug-likeness (QED) is 0.630. The van der Waals surface area contributed by atoms with E-state index in [4.69, 9.17) is 4.74 Å². The maximum absolute atomic E-state index is 12.4. The van der Waals surface area contributed by atoms with Crippen molar-refractivity contribution in [1.82, 2.24) is 20.3 Å². The molecule has 3 N–H and O–H groups in total. The number of amides is 1. The second-order valence-corrected chi connectivity index (χ2v) is 6.74. The zero-order valence-electron chi connectivity index (χ0n) is 15.8. The third kappa shape index (κ3) is 5.17. The van der Waals surface area contributed by atoms with Crippen molar-refractivity contribution in [1.29, 1.82) is 0 Å². The first-order chi connectivity index (χ1) is 13.8. The highest BCUT2D eigenvalue weighted by molar-refractivity contribution is 6.04. The molecule has 0 saturated carbocycles. The number of aromatic nitrogens is 2. The summed E-state index contributed by atoms with van der Waals surface area (Å²) in [5.41, 5.74) is 4.43. The Labute approximate surface area is 164 Å². The van der Waals surface area contributed by atoms with E-state index >= 15 is 0 Å². The van der Waals surface area contributed by atoms with Crippen LogP contribution in [0.25, 0.3) is 11.0 Å². The molecule has 158 valence electrons. The van der Waals surface area contributed by atoms with Crippen LogP contribution < -0.4 is 10.7 Å². The number of aromatic amines is 1. The number of carbonyl (C=O) groups is 2. The molecule has 8 nitrogen and oxygen atoms in total. The van der Waals surface area contributed by atoms with Gasteiger partial charge in [0.15, 0.2) is 0 Å². The van der Waals surface area contributed by atoms with Gasteiger partial charge in [-0.2, -0.15) is 13.2 Å². The molecule has 0 radical (unpaired) electrons. The molecule has 1 fully saturated rings. The molecule has 2 aromatic rings. The summed E-state index contributed by atoms with van der Waals surface area (Å²) in [5.74, 6) is -1.77. The van der Waals surface area contributed by atoms with Gasteiger partial charge in [0.25, 0.3) is 0 Å². The third-order valence-electron chi connectivity index (χ3n) is 4.61. The van der Waals surface area contributed by atoms with E-state index in [9.17, 15) is 22.8 Å². The summed E-state index contributed by atoms with van der Waals surface area (Å²) in [7, 11) is 0. The molecule has 2 aromatic heterocycles. The van der Waals surface area contributed by atoms with Crippen molar-refractivity contribution in [3.05, 3.63) is 24.0 Å². The lowest BCUT2D eigenvalue weighted by Crippen LogP contribution is -2.47. The normalized spacial score (nSPS) is 17.9. The topological polar surface area (TPSA) is 99.3 Å². The van der Waals surface area contributed by atoms with E-state index in [0.717, 1.165) is 0 Å². The Hall–Kier alpha value is -2.82. The van der Waals surface area contributed by atoms with Crippen LogP contribution in [-0.4, -0.2) is 59.3 Å². The highest BCUT2D eigenvalue weighted by Crippen LogP contribution is 2.28. The van der Waals surface area contributed by atoms with Gasteiger partial charge in [-0.25, -0.2) is 14.8 Å². The Kier molecular flexibility index (Phi) is 6.26. The molecular formula is C18H22F3N5O3. The monoisotopic (exact) mass is 413 g/mol. The summed E-state index contributed by atoms with van der Waals surface area (Å²) in [6.45, 7) is 1.33. The van der Waals surface area contributed by atoms with Gasteiger partial charge < -0.3 is 20.5 Å². The summed E-state index contributed by atoms with van der Waals surface area (Å²) in [6, 6.07) is 1.75. The maximum atomic E-state index is 12.4. The third-order valence-corrected chi connectivity index (χ3v) is 4.61. The number of ether oxygens (including phenoxy) is 1. The van der Waals surface area contributed by atoms with Crippen LogP contribution in [0.1, 0.15) is 30.1 Å². The van der Waals surface area contributed by atoms with E-state index in [1.54, 1.807) is 24.2 Å². The van der Waals surface area contributed by atoms with Gasteiger partial charge in [0.05, 0.1) is 18.2 Å². The molecule has 1 atom stereocenters. The van der Waals surface area contributed by atoms with E-state index in [1.807, 2.05) is 5.32 Å². The lowest BCUT2D eigenvalue weighted by atomic mass is 9.98. The minimum atomic E-state index is -4.45. The number of carbonyl (C=O) groups excluding carboxylic acids is 2. The first-order valence-corrected chi connectivity index (χ1v) is 9.27. The molecule has 1 saturated heterocycles. The average molecular weight is 413 g/mol. The Balaban J connectivity index is 1.76. The Morgan fingerprint density at radius 2 is 2.21 bits per heavy atom. The van der Waals surface area contributed by atoms with Crippen molar-refractivity contribution in [3.8, 4) is 0 Å². The molecule has 1 aliphatic heterocycles. The average Bonchev–Trinajstić information content (AvgIpc) is 3.15. The number of fused-ring (bicyclic) bond motifs is 1. The first kappa shape index (κ1) is 20.9. The predicted molar refractivity (Wildman–Crippen MR) is 99.0 cm³/mol. The van der Waals surface area contributed by atoms with Gasteiger partial charge in [0, 0.05) is 30.9 Å². The number of esters is 1. The second-order valence-electron chi connectivity index (χ2n) is 6.74. The summed E-state index contributed by atoms with van der Waals surface area (Å²) in [4.78, 5) is 31.6. The number of H-pyrrole nitrogens is 1. The molecule has 0 unspecified atom stereocenters. The van der Waals surface area contributed by atoms with E-state index < -0.39 is 30.5 Å². The van der Waals surface area contributed by atoms with Crippen molar-refractivity contribution in [3.63, 3.8) is 0 Å². The van der Waals surface area contributed by atoms with Crippen LogP contribution >= 0.6 is 0 Å². The molecule has 3 rings (SSSR count). The maximum Gasteiger partial charge on any atom is 0.405 e. The molecule has 11 heteroatoms. The zero-order valence-corrected chi connectivity index (χ0v) is 15.8. The fraction of sp³-hybridized carbons (Fsp3) is 0.500. The van der Waals surface area contributed by atoms with E-state index in [0.29, 0.717) is 36.1 Å². The fourth-order valence-electron chi connectivity index (χ4n) is 3.27. The number of hydrogen-bond acceptors (Lipinski definition) is 6. The molecule has 1 aliphatic rings. The van der Waals surface area contributed by atoms with Gasteiger partial charge in [-0.15, -0.1) is 0 Å². The molecule has 1 amide bonds. The Morgan fingerprint density at radius 1 is 1.41 bits per heavy atom. The molecule has 3 heterocycles. The van der Waals surface area contributed by atoms with Crippen LogP contribution in [0.5, 0.6) is 0 Å². The van der Waals surface area contributed by atoms with Crippen molar-refractivity contribution in [2.45, 2.75) is 25.9 Å². The van der Waals surface area contributed by atoms with Crippen molar-refractivity contribution in [2.24, 2.45) is 5.92 Å². The van der Waals surface area contributed by atoms with Gasteiger partial charge in [0.2, 0.25) is 5.91 Å². The van der Waals surface area contributed by atoms with E-state index in [-0.39, 0.29) is 18.7 Å². The predicted octanol–water partition coefficient (Wildman–Crippen LogP) is 2.46. The number of hydrogen-bond donors (Lipinski definition) is 3. The van der Waals surface area contributed by atoms with E-state index in [2.05, 4.69) is 15.4 Å². The number of rotatable bonds is 6. The minimum Gasteiger partial charge on any atom is -0.462 e. The van der Waals surface area contributed by atoms with Gasteiger partial charge in [-0.05, 0) is 25.8 Å². The number of halogens is 3. The minimum absolute atomic E-state index is 0.203. The molecule has 0 spiro atoms. The van der Waals surface area contributed by atoms with Gasteiger partial charge in [0.1, 0.15) is 17.8 Å². The molecule has 29 heavy (non-hydrogen) atoms. The number of alkyl halides is 3. The number of nitrogens with zero attached hydrogens (tertiary/aromatic N) is 2. The van der Waals surface area contributed by atoms with Gasteiger partial charge in [-0.1, -0.05) is 0 Å². The lowest BCUT2D eigenvalue weighted by Gasteiger charge is -2.33. The van der Waals surface area contributed by atoms with Gasteiger partial charge >= 0.3 is 12.1 Å². The highest BCUT2D eigenvalue weighted by Gasteiger charge is 2.32. The van der Waals surface area contributed by atoms with Crippen molar-refractivity contribution >= 4 is 28.6 Å². The Morgan fingerprint density at radius 3 is 2.93 bits per heavy atom. The standard InChI is InChI=1S/C18H22F3N5O3/c1-2-29-17(28)13-8-23-15-12(5-6-22-15)14(13)25-26-7-3-4-11(9-26)16(27)24-10-18(19,20)21/h5-6,8,11H,2-4,7,9-10H2,1H3,(H,24,27)(H2,22,23,25)/t11-/m0/s1. The zero-order chi connectivity index (χ0) is 21.0. The highest BCUT2D eigenvalue weighted by atomic mass is 19.4. The molecule has 0 aromatic carbocycles. The number of anilines is 1. The van der Waals surface area contributed by atoms with Crippen molar-refractivity contribution in [2.75, 3.05) is 31.7 Å². The van der Waals surface area contributed by atoms with Crippen molar-refractivity contribution < 1.29 is 27.5 Å². The van der Waals surface area contributed by atoms with Crippen LogP contribution in [0, 0.1) is 5.92 Å². The largest absolute Gasteiger partial charge is 0.462 e. The molecule has 0 aliphatic carbocycles. The number of pyridine rings is 1. The second kappa shape index (κ2) is 8.68. The smallest absolute Gasteiger partial charge is 0.405 e. The number of hydrazine groups is 1.